The van der Waals surface area contributed by atoms with E-state index in [0.29, 0.717) is 19.1 Å². The van der Waals surface area contributed by atoms with E-state index in [2.05, 4.69) is 17.2 Å². The minimum Gasteiger partial charge on any atom is -0.383 e. The van der Waals surface area contributed by atoms with E-state index < -0.39 is 0 Å². The van der Waals surface area contributed by atoms with Gasteiger partial charge in [0.05, 0.1) is 12.6 Å². The zero-order chi connectivity index (χ0) is 9.40. The smallest absolute Gasteiger partial charge is 0.188 e. The second-order valence-electron chi connectivity index (χ2n) is 2.56. The number of aliphatic imine (C=N–C) groups is 1. The third-order valence-electron chi connectivity index (χ3n) is 1.54. The van der Waals surface area contributed by atoms with Crippen molar-refractivity contribution in [2.45, 2.75) is 26.3 Å². The summed E-state index contributed by atoms with van der Waals surface area (Å²) in [5, 5.41) is 3.07. The van der Waals surface area contributed by atoms with Gasteiger partial charge in [-0.25, -0.2) is 0 Å². The van der Waals surface area contributed by atoms with Gasteiger partial charge in [-0.2, -0.15) is 0 Å². The van der Waals surface area contributed by atoms with E-state index in [0.717, 1.165) is 6.42 Å². The summed E-state index contributed by atoms with van der Waals surface area (Å²) in [7, 11) is 1.68. The van der Waals surface area contributed by atoms with Crippen LogP contribution in [0, 0.1) is 0 Å². The van der Waals surface area contributed by atoms with Crippen molar-refractivity contribution in [3.63, 3.8) is 0 Å². The molecule has 0 radical (unpaired) electrons. The maximum absolute atomic E-state index is 5.57. The van der Waals surface area contributed by atoms with Crippen LogP contribution in [-0.2, 0) is 4.74 Å². The van der Waals surface area contributed by atoms with E-state index in [9.17, 15) is 0 Å². The molecule has 12 heavy (non-hydrogen) atoms. The number of guanidine groups is 1. The second kappa shape index (κ2) is 6.91. The highest BCUT2D eigenvalue weighted by molar-refractivity contribution is 5.78. The van der Waals surface area contributed by atoms with Crippen LogP contribution in [0.2, 0.25) is 0 Å². The quantitative estimate of drug-likeness (QED) is 0.465. The topological polar surface area (TPSA) is 59.6 Å². The Labute approximate surface area is 74.2 Å². The minimum atomic E-state index is 0.269. The number of nitrogens with two attached hydrogens (primary N) is 1. The van der Waals surface area contributed by atoms with Crippen molar-refractivity contribution in [1.82, 2.24) is 5.32 Å². The third-order valence-corrected chi connectivity index (χ3v) is 1.54. The fraction of sp³-hybridized carbons (Fsp3) is 0.875. The Morgan fingerprint density at radius 2 is 2.25 bits per heavy atom. The Morgan fingerprint density at radius 3 is 2.67 bits per heavy atom. The number of nitrogens with zero attached hydrogens (tertiary/aromatic N) is 1. The van der Waals surface area contributed by atoms with Crippen molar-refractivity contribution in [1.29, 1.82) is 0 Å². The highest BCUT2D eigenvalue weighted by Crippen LogP contribution is 1.90. The van der Waals surface area contributed by atoms with Gasteiger partial charge in [-0.3, -0.25) is 4.99 Å². The fourth-order valence-corrected chi connectivity index (χ4v) is 0.888. The van der Waals surface area contributed by atoms with E-state index in [1.807, 2.05) is 6.92 Å². The summed E-state index contributed by atoms with van der Waals surface area (Å²) in [6.45, 7) is 5.40. The summed E-state index contributed by atoms with van der Waals surface area (Å²) in [5.41, 5.74) is 5.57. The van der Waals surface area contributed by atoms with E-state index in [1.54, 1.807) is 7.11 Å². The number of methoxy groups -OCH3 is 1. The van der Waals surface area contributed by atoms with Crippen LogP contribution in [0.3, 0.4) is 0 Å². The molecule has 0 aromatic carbocycles. The molecule has 0 saturated heterocycles. The molecule has 0 aliphatic rings. The average molecular weight is 173 g/mol. The Bertz CT molecular complexity index is 136. The molecule has 0 rings (SSSR count). The molecular weight excluding hydrogens is 154 g/mol. The summed E-state index contributed by atoms with van der Waals surface area (Å²) >= 11 is 0. The van der Waals surface area contributed by atoms with Gasteiger partial charge in [0.2, 0.25) is 0 Å². The normalized spacial score (nSPS) is 14.4. The third kappa shape index (κ3) is 4.96. The molecule has 4 heteroatoms. The minimum absolute atomic E-state index is 0.269. The molecule has 0 amide bonds. The summed E-state index contributed by atoms with van der Waals surface area (Å²) in [4.78, 5) is 4.02. The van der Waals surface area contributed by atoms with Gasteiger partial charge in [0, 0.05) is 13.7 Å². The van der Waals surface area contributed by atoms with Crippen LogP contribution in [-0.4, -0.2) is 32.3 Å². The molecule has 0 aromatic heterocycles. The van der Waals surface area contributed by atoms with Crippen LogP contribution in [0.15, 0.2) is 4.99 Å². The van der Waals surface area contributed by atoms with Crippen LogP contribution in [0.5, 0.6) is 0 Å². The number of hydrogen-bond donors (Lipinski definition) is 2. The molecular formula is C8H19N3O. The van der Waals surface area contributed by atoms with Crippen molar-refractivity contribution < 1.29 is 4.74 Å². The van der Waals surface area contributed by atoms with Gasteiger partial charge in [-0.1, -0.05) is 6.92 Å². The lowest BCUT2D eigenvalue weighted by molar-refractivity contribution is 0.172. The summed E-state index contributed by atoms with van der Waals surface area (Å²) < 4.78 is 5.00. The highest BCUT2D eigenvalue weighted by Gasteiger charge is 2.04. The molecule has 0 heterocycles. The standard InChI is InChI=1S/C8H19N3O/c1-4-7(6-12-3)11-8(9)10-5-2/h7H,4-6H2,1-3H3,(H3,9,10,11). The van der Waals surface area contributed by atoms with Crippen molar-refractivity contribution in [3.8, 4) is 0 Å². The fourth-order valence-electron chi connectivity index (χ4n) is 0.888. The molecule has 0 fully saturated rings. The molecule has 0 saturated carbocycles. The zero-order valence-corrected chi connectivity index (χ0v) is 8.13. The Hall–Kier alpha value is -0.770. The van der Waals surface area contributed by atoms with Crippen molar-refractivity contribution in [2.75, 3.05) is 20.3 Å². The molecule has 0 bridgehead atoms. The number of ether oxygens (including phenoxy) is 1. The SMILES string of the molecule is CCN=C(N)NC(CC)COC. The molecule has 4 nitrogen and oxygen atoms in total. The van der Waals surface area contributed by atoms with Gasteiger partial charge >= 0.3 is 0 Å². The summed E-state index contributed by atoms with van der Waals surface area (Å²) in [5.74, 6) is 0.501. The Morgan fingerprint density at radius 1 is 1.58 bits per heavy atom. The lowest BCUT2D eigenvalue weighted by atomic mass is 10.2. The van der Waals surface area contributed by atoms with Gasteiger partial charge in [-0.05, 0) is 13.3 Å². The second-order valence-corrected chi connectivity index (χ2v) is 2.56. The van der Waals surface area contributed by atoms with E-state index >= 15 is 0 Å². The molecule has 72 valence electrons. The van der Waals surface area contributed by atoms with Gasteiger partial charge in [0.1, 0.15) is 0 Å². The average Bonchev–Trinajstić information content (AvgIpc) is 2.04. The number of hydrogen-bond acceptors (Lipinski definition) is 2. The lowest BCUT2D eigenvalue weighted by Crippen LogP contribution is -2.42. The summed E-state index contributed by atoms with van der Waals surface area (Å²) in [6.07, 6.45) is 0.980. The van der Waals surface area contributed by atoms with Gasteiger partial charge in [0.25, 0.3) is 0 Å². The lowest BCUT2D eigenvalue weighted by Gasteiger charge is -2.15. The predicted octanol–water partition coefficient (Wildman–Crippen LogP) is 0.336. The largest absolute Gasteiger partial charge is 0.383 e. The first-order valence-electron chi connectivity index (χ1n) is 4.29. The first-order chi connectivity index (χ1) is 5.74. The van der Waals surface area contributed by atoms with E-state index in [-0.39, 0.29) is 6.04 Å². The monoisotopic (exact) mass is 173 g/mol. The van der Waals surface area contributed by atoms with Crippen LogP contribution in [0.4, 0.5) is 0 Å². The van der Waals surface area contributed by atoms with Crippen LogP contribution in [0.25, 0.3) is 0 Å². The first kappa shape index (κ1) is 11.2. The van der Waals surface area contributed by atoms with E-state index in [1.165, 1.54) is 0 Å². The van der Waals surface area contributed by atoms with Crippen molar-refractivity contribution >= 4 is 5.96 Å². The predicted molar refractivity (Wildman–Crippen MR) is 51.3 cm³/mol. The van der Waals surface area contributed by atoms with Gasteiger partial charge in [0.15, 0.2) is 5.96 Å². The van der Waals surface area contributed by atoms with Crippen LogP contribution in [0.1, 0.15) is 20.3 Å². The molecule has 3 N–H and O–H groups in total. The van der Waals surface area contributed by atoms with Crippen LogP contribution < -0.4 is 11.1 Å². The van der Waals surface area contributed by atoms with Gasteiger partial charge < -0.3 is 15.8 Å². The maximum Gasteiger partial charge on any atom is 0.188 e. The van der Waals surface area contributed by atoms with E-state index in [4.69, 9.17) is 10.5 Å². The Balaban J connectivity index is 3.76. The number of rotatable bonds is 5. The molecule has 1 unspecified atom stereocenters. The van der Waals surface area contributed by atoms with Crippen LogP contribution >= 0.6 is 0 Å². The first-order valence-corrected chi connectivity index (χ1v) is 4.29. The van der Waals surface area contributed by atoms with Crippen molar-refractivity contribution in [2.24, 2.45) is 10.7 Å². The van der Waals surface area contributed by atoms with Gasteiger partial charge in [-0.15, -0.1) is 0 Å². The molecule has 0 aromatic rings. The Kier molecular flexibility index (Phi) is 6.47. The molecule has 1 atom stereocenters. The number of nitrogens with one attached hydrogen (secondary N) is 1. The summed E-state index contributed by atoms with van der Waals surface area (Å²) in [6, 6.07) is 0.269. The molecule has 0 aliphatic carbocycles. The molecule has 0 aliphatic heterocycles. The molecule has 0 spiro atoms. The zero-order valence-electron chi connectivity index (χ0n) is 8.13. The van der Waals surface area contributed by atoms with Crippen molar-refractivity contribution in [3.05, 3.63) is 0 Å². The highest BCUT2D eigenvalue weighted by atomic mass is 16.5. The maximum atomic E-state index is 5.57.